The lowest BCUT2D eigenvalue weighted by molar-refractivity contribution is 0.110. The zero-order chi connectivity index (χ0) is 11.4. The number of nitrogens with zero attached hydrogens (tertiary/aromatic N) is 3. The fourth-order valence-corrected chi connectivity index (χ4v) is 1.78. The Balaban J connectivity index is 2.00. The molecule has 0 aliphatic carbocycles. The number of ether oxygens (including phenoxy) is 1. The molecule has 90 valence electrons. The predicted molar refractivity (Wildman–Crippen MR) is 63.0 cm³/mol. The molecule has 1 aliphatic heterocycles. The third-order valence-corrected chi connectivity index (χ3v) is 2.68. The molecule has 1 saturated heterocycles. The van der Waals surface area contributed by atoms with Crippen LogP contribution in [0, 0.1) is 0 Å². The molecule has 0 spiro atoms. The van der Waals surface area contributed by atoms with E-state index in [1.807, 2.05) is 12.5 Å². The molecule has 1 N–H and O–H groups in total. The lowest BCUT2D eigenvalue weighted by Gasteiger charge is -2.30. The molecule has 2 rings (SSSR count). The third-order valence-electron chi connectivity index (χ3n) is 2.68. The molecule has 0 unspecified atom stereocenters. The van der Waals surface area contributed by atoms with Crippen LogP contribution in [0.25, 0.3) is 0 Å². The number of nitrogens with one attached hydrogen (secondary N) is 1. The molecule has 0 atom stereocenters. The van der Waals surface area contributed by atoms with Crippen LogP contribution in [0.3, 0.4) is 0 Å². The van der Waals surface area contributed by atoms with Crippen molar-refractivity contribution >= 4 is 0 Å². The molecule has 1 aromatic heterocycles. The molecular formula is C11H20N4O. The average Bonchev–Trinajstić information content (AvgIpc) is 2.75. The van der Waals surface area contributed by atoms with E-state index in [9.17, 15) is 0 Å². The lowest BCUT2D eigenvalue weighted by atomic mass is 10.3. The van der Waals surface area contributed by atoms with Crippen LogP contribution >= 0.6 is 0 Å². The van der Waals surface area contributed by atoms with Crippen LogP contribution in [0.15, 0.2) is 12.5 Å². The molecule has 1 fully saturated rings. The largest absolute Gasteiger partial charge is 0.378 e. The fourth-order valence-electron chi connectivity index (χ4n) is 1.78. The van der Waals surface area contributed by atoms with Crippen LogP contribution in [0.1, 0.15) is 19.5 Å². The second-order valence-corrected chi connectivity index (χ2v) is 4.33. The van der Waals surface area contributed by atoms with Crippen molar-refractivity contribution in [2.75, 3.05) is 31.3 Å². The maximum Gasteiger partial charge on any atom is 0.114 e. The molecule has 0 radical (unpaired) electrons. The van der Waals surface area contributed by atoms with Crippen molar-refractivity contribution in [1.29, 1.82) is 0 Å². The number of imidazole rings is 1. The van der Waals surface area contributed by atoms with Crippen molar-refractivity contribution in [3.8, 4) is 0 Å². The van der Waals surface area contributed by atoms with Gasteiger partial charge in [-0.1, -0.05) is 13.8 Å². The molecule has 5 nitrogen and oxygen atoms in total. The van der Waals surface area contributed by atoms with Gasteiger partial charge in [0.05, 0.1) is 38.2 Å². The summed E-state index contributed by atoms with van der Waals surface area (Å²) in [7, 11) is 0. The summed E-state index contributed by atoms with van der Waals surface area (Å²) >= 11 is 0. The maximum atomic E-state index is 5.34. The van der Waals surface area contributed by atoms with Gasteiger partial charge in [-0.15, -0.1) is 0 Å². The first-order valence-electron chi connectivity index (χ1n) is 5.85. The Morgan fingerprint density at radius 3 is 2.88 bits per heavy atom. The van der Waals surface area contributed by atoms with Crippen molar-refractivity contribution in [2.45, 2.75) is 26.4 Å². The molecular weight excluding hydrogens is 204 g/mol. The van der Waals surface area contributed by atoms with Crippen LogP contribution in [-0.4, -0.2) is 42.0 Å². The van der Waals surface area contributed by atoms with E-state index in [4.69, 9.17) is 4.74 Å². The molecule has 5 heteroatoms. The van der Waals surface area contributed by atoms with E-state index in [0.717, 1.165) is 32.8 Å². The van der Waals surface area contributed by atoms with Crippen LogP contribution in [0.2, 0.25) is 0 Å². The molecule has 1 aromatic rings. The van der Waals surface area contributed by atoms with Crippen LogP contribution < -0.4 is 10.3 Å². The summed E-state index contributed by atoms with van der Waals surface area (Å²) in [5.41, 5.74) is 1.20. The number of morpholine rings is 1. The van der Waals surface area contributed by atoms with Crippen molar-refractivity contribution in [2.24, 2.45) is 0 Å². The Morgan fingerprint density at radius 2 is 2.19 bits per heavy atom. The van der Waals surface area contributed by atoms with Crippen molar-refractivity contribution in [1.82, 2.24) is 15.0 Å². The number of aromatic nitrogens is 2. The van der Waals surface area contributed by atoms with E-state index in [0.29, 0.717) is 6.04 Å². The quantitative estimate of drug-likeness (QED) is 0.801. The summed E-state index contributed by atoms with van der Waals surface area (Å²) < 4.78 is 7.48. The highest BCUT2D eigenvalue weighted by Gasteiger charge is 2.13. The highest BCUT2D eigenvalue weighted by atomic mass is 16.5. The topological polar surface area (TPSA) is 42.3 Å². The molecule has 2 heterocycles. The smallest absolute Gasteiger partial charge is 0.114 e. The Labute approximate surface area is 96.4 Å². The van der Waals surface area contributed by atoms with Gasteiger partial charge in [0.15, 0.2) is 0 Å². The highest BCUT2D eigenvalue weighted by molar-refractivity contribution is 5.04. The number of hydrogen-bond acceptors (Lipinski definition) is 4. The summed E-state index contributed by atoms with van der Waals surface area (Å²) in [5, 5.41) is 5.68. The van der Waals surface area contributed by atoms with Gasteiger partial charge in [0, 0.05) is 12.6 Å². The highest BCUT2D eigenvalue weighted by Crippen LogP contribution is 2.04. The predicted octanol–water partition coefficient (Wildman–Crippen LogP) is 0.349. The standard InChI is InChI=1S/C11H20N4O/c1-10(2)13-8-11-7-12-9-15(11)14-3-5-16-6-4-14/h7,9-10,13H,3-6,8H2,1-2H3. The normalized spacial score (nSPS) is 17.1. The van der Waals surface area contributed by atoms with Crippen molar-refractivity contribution in [3.63, 3.8) is 0 Å². The van der Waals surface area contributed by atoms with Gasteiger partial charge in [-0.25, -0.2) is 9.66 Å². The summed E-state index contributed by atoms with van der Waals surface area (Å²) in [6.07, 6.45) is 3.80. The van der Waals surface area contributed by atoms with Crippen molar-refractivity contribution < 1.29 is 4.74 Å². The van der Waals surface area contributed by atoms with Crippen molar-refractivity contribution in [3.05, 3.63) is 18.2 Å². The van der Waals surface area contributed by atoms with Gasteiger partial charge >= 0.3 is 0 Å². The summed E-state index contributed by atoms with van der Waals surface area (Å²) in [6.45, 7) is 8.63. The first kappa shape index (κ1) is 11.4. The second kappa shape index (κ2) is 5.32. The van der Waals surface area contributed by atoms with Gasteiger partial charge in [-0.2, -0.15) is 0 Å². The molecule has 0 amide bonds. The molecule has 0 saturated carbocycles. The van der Waals surface area contributed by atoms with Gasteiger partial charge in [-0.05, 0) is 0 Å². The van der Waals surface area contributed by atoms with Crippen LogP contribution in [-0.2, 0) is 11.3 Å². The first-order chi connectivity index (χ1) is 7.77. The van der Waals surface area contributed by atoms with Gasteiger partial charge < -0.3 is 15.1 Å². The van der Waals surface area contributed by atoms with Gasteiger partial charge in [0.1, 0.15) is 6.33 Å². The monoisotopic (exact) mass is 224 g/mol. The van der Waals surface area contributed by atoms with Crippen LogP contribution in [0.4, 0.5) is 0 Å². The summed E-state index contributed by atoms with van der Waals surface area (Å²) in [5.74, 6) is 0. The van der Waals surface area contributed by atoms with E-state index in [1.54, 1.807) is 0 Å². The summed E-state index contributed by atoms with van der Waals surface area (Å²) in [4.78, 5) is 4.22. The van der Waals surface area contributed by atoms with E-state index in [-0.39, 0.29) is 0 Å². The first-order valence-corrected chi connectivity index (χ1v) is 5.85. The molecule has 1 aliphatic rings. The SMILES string of the molecule is CC(C)NCc1cncn1N1CCOCC1. The maximum absolute atomic E-state index is 5.34. The van der Waals surface area contributed by atoms with E-state index < -0.39 is 0 Å². The van der Waals surface area contributed by atoms with E-state index >= 15 is 0 Å². The third kappa shape index (κ3) is 2.74. The Bertz CT molecular complexity index is 318. The van der Waals surface area contributed by atoms with Gasteiger partial charge in [-0.3, -0.25) is 0 Å². The van der Waals surface area contributed by atoms with E-state index in [1.165, 1.54) is 5.69 Å². The van der Waals surface area contributed by atoms with Crippen LogP contribution in [0.5, 0.6) is 0 Å². The Hall–Kier alpha value is -1.07. The fraction of sp³-hybridized carbons (Fsp3) is 0.727. The summed E-state index contributed by atoms with van der Waals surface area (Å²) in [6, 6.07) is 0.494. The zero-order valence-corrected chi connectivity index (χ0v) is 10.0. The molecule has 0 aromatic carbocycles. The minimum Gasteiger partial charge on any atom is -0.378 e. The Morgan fingerprint density at radius 1 is 1.44 bits per heavy atom. The zero-order valence-electron chi connectivity index (χ0n) is 10.0. The van der Waals surface area contributed by atoms with E-state index in [2.05, 4.69) is 33.8 Å². The molecule has 16 heavy (non-hydrogen) atoms. The average molecular weight is 224 g/mol. The minimum absolute atomic E-state index is 0.494. The lowest BCUT2D eigenvalue weighted by Crippen LogP contribution is -2.44. The number of hydrogen-bond donors (Lipinski definition) is 1. The van der Waals surface area contributed by atoms with Gasteiger partial charge in [0.2, 0.25) is 0 Å². The second-order valence-electron chi connectivity index (χ2n) is 4.33. The molecule has 0 bridgehead atoms. The van der Waals surface area contributed by atoms with Gasteiger partial charge in [0.25, 0.3) is 0 Å². The minimum atomic E-state index is 0.494. The Kier molecular flexibility index (Phi) is 3.79. The number of rotatable bonds is 4.